The van der Waals surface area contributed by atoms with Crippen molar-refractivity contribution in [1.82, 2.24) is 20.6 Å². The lowest BCUT2D eigenvalue weighted by molar-refractivity contribution is -0.141. The zero-order valence-corrected chi connectivity index (χ0v) is 18.1. The van der Waals surface area contributed by atoms with E-state index in [0.29, 0.717) is 31.6 Å². The molecule has 1 heterocycles. The van der Waals surface area contributed by atoms with Gasteiger partial charge in [-0.1, -0.05) is 17.7 Å². The van der Waals surface area contributed by atoms with Crippen molar-refractivity contribution in [2.75, 3.05) is 20.3 Å². The average Bonchev–Trinajstić information content (AvgIpc) is 2.73. The number of carbonyl (C=O) groups is 2. The highest BCUT2D eigenvalue weighted by molar-refractivity contribution is 6.30. The Bertz CT molecular complexity index is 1040. The molecule has 168 valence electrons. The van der Waals surface area contributed by atoms with E-state index in [0.717, 1.165) is 6.07 Å². The maximum absolute atomic E-state index is 13.4. The molecule has 1 aromatic heterocycles. The number of rotatable bonds is 9. The van der Waals surface area contributed by atoms with Crippen LogP contribution in [0.15, 0.2) is 36.7 Å². The SMILES string of the molecule is COCC=Cc1cnc(C(=O)NC23CC(NC(=O)COc4ccc(Cl)c(F)c4)(C2)C3)cn1. The first kappa shape index (κ1) is 22.2. The van der Waals surface area contributed by atoms with Gasteiger partial charge in [-0.3, -0.25) is 14.6 Å². The summed E-state index contributed by atoms with van der Waals surface area (Å²) in [7, 11) is 1.60. The smallest absolute Gasteiger partial charge is 0.271 e. The average molecular weight is 461 g/mol. The monoisotopic (exact) mass is 460 g/mol. The highest BCUT2D eigenvalue weighted by Gasteiger charge is 2.69. The molecule has 2 N–H and O–H groups in total. The fourth-order valence-corrected chi connectivity index (χ4v) is 4.33. The Morgan fingerprint density at radius 3 is 2.59 bits per heavy atom. The molecule has 0 unspecified atom stereocenters. The van der Waals surface area contributed by atoms with Gasteiger partial charge in [0, 0.05) is 24.3 Å². The number of halogens is 2. The van der Waals surface area contributed by atoms with E-state index in [9.17, 15) is 14.0 Å². The second-order valence-electron chi connectivity index (χ2n) is 8.14. The number of aromatic nitrogens is 2. The number of nitrogens with zero attached hydrogens (tertiary/aromatic N) is 2. The van der Waals surface area contributed by atoms with E-state index in [2.05, 4.69) is 20.6 Å². The maximum Gasteiger partial charge on any atom is 0.271 e. The number of nitrogens with one attached hydrogen (secondary N) is 2. The zero-order valence-electron chi connectivity index (χ0n) is 17.4. The van der Waals surface area contributed by atoms with Crippen LogP contribution >= 0.6 is 11.6 Å². The molecule has 0 atom stereocenters. The molecule has 0 saturated heterocycles. The summed E-state index contributed by atoms with van der Waals surface area (Å²) in [5, 5.41) is 5.93. The van der Waals surface area contributed by atoms with Crippen LogP contribution < -0.4 is 15.4 Å². The van der Waals surface area contributed by atoms with Crippen LogP contribution in [-0.2, 0) is 9.53 Å². The van der Waals surface area contributed by atoms with Gasteiger partial charge in [0.25, 0.3) is 11.8 Å². The van der Waals surface area contributed by atoms with Gasteiger partial charge in [0.1, 0.15) is 17.3 Å². The van der Waals surface area contributed by atoms with Crippen LogP contribution in [0.25, 0.3) is 6.08 Å². The first-order chi connectivity index (χ1) is 15.3. The van der Waals surface area contributed by atoms with E-state index in [1.165, 1.54) is 24.5 Å². The molecular weight excluding hydrogens is 439 g/mol. The highest BCUT2D eigenvalue weighted by atomic mass is 35.5. The van der Waals surface area contributed by atoms with E-state index in [1.807, 2.05) is 0 Å². The highest BCUT2D eigenvalue weighted by Crippen LogP contribution is 2.60. The summed E-state index contributed by atoms with van der Waals surface area (Å²) in [5.74, 6) is -0.978. The fraction of sp³-hybridized carbons (Fsp3) is 0.364. The van der Waals surface area contributed by atoms with Crippen molar-refractivity contribution < 1.29 is 23.5 Å². The van der Waals surface area contributed by atoms with Gasteiger partial charge < -0.3 is 20.1 Å². The lowest BCUT2D eigenvalue weighted by Gasteiger charge is -2.70. The van der Waals surface area contributed by atoms with Crippen molar-refractivity contribution in [2.24, 2.45) is 0 Å². The van der Waals surface area contributed by atoms with Gasteiger partial charge in [-0.05, 0) is 37.5 Å². The molecular formula is C22H22ClFN4O4. The van der Waals surface area contributed by atoms with Crippen LogP contribution in [0.1, 0.15) is 35.4 Å². The Hall–Kier alpha value is -3.04. The molecule has 3 aliphatic carbocycles. The van der Waals surface area contributed by atoms with Crippen LogP contribution in [0.4, 0.5) is 4.39 Å². The molecule has 2 bridgehead atoms. The van der Waals surface area contributed by atoms with Gasteiger partial charge in [-0.25, -0.2) is 9.37 Å². The summed E-state index contributed by atoms with van der Waals surface area (Å²) in [6.45, 7) is 0.236. The third-order valence-corrected chi connectivity index (χ3v) is 5.84. The molecule has 0 spiro atoms. The van der Waals surface area contributed by atoms with Crippen LogP contribution in [0.5, 0.6) is 5.75 Å². The van der Waals surface area contributed by atoms with Crippen LogP contribution in [0, 0.1) is 5.82 Å². The molecule has 0 radical (unpaired) electrons. The van der Waals surface area contributed by atoms with E-state index in [4.69, 9.17) is 21.1 Å². The fourth-order valence-electron chi connectivity index (χ4n) is 4.21. The molecule has 2 aromatic rings. The molecule has 3 fully saturated rings. The molecule has 8 nitrogen and oxygen atoms in total. The summed E-state index contributed by atoms with van der Waals surface area (Å²) in [4.78, 5) is 33.0. The van der Waals surface area contributed by atoms with Crippen LogP contribution in [0.2, 0.25) is 5.02 Å². The molecule has 1 aromatic carbocycles. The number of hydrogen-bond donors (Lipinski definition) is 2. The number of hydrogen-bond acceptors (Lipinski definition) is 6. The Morgan fingerprint density at radius 2 is 1.94 bits per heavy atom. The number of amides is 2. The summed E-state index contributed by atoms with van der Waals surface area (Å²) in [6.07, 6.45) is 8.44. The Morgan fingerprint density at radius 1 is 1.19 bits per heavy atom. The topological polar surface area (TPSA) is 102 Å². The first-order valence-corrected chi connectivity index (χ1v) is 10.4. The third-order valence-electron chi connectivity index (χ3n) is 5.53. The second kappa shape index (κ2) is 8.84. The lowest BCUT2D eigenvalue weighted by atomic mass is 9.44. The largest absolute Gasteiger partial charge is 0.484 e. The van der Waals surface area contributed by atoms with E-state index < -0.39 is 5.82 Å². The number of benzene rings is 1. The molecule has 5 rings (SSSR count). The molecule has 3 saturated carbocycles. The van der Waals surface area contributed by atoms with Gasteiger partial charge in [0.15, 0.2) is 6.61 Å². The second-order valence-corrected chi connectivity index (χ2v) is 8.55. The Kier molecular flexibility index (Phi) is 6.12. The van der Waals surface area contributed by atoms with Crippen molar-refractivity contribution in [3.05, 3.63) is 58.9 Å². The first-order valence-electron chi connectivity index (χ1n) is 10.0. The van der Waals surface area contributed by atoms with Gasteiger partial charge in [-0.15, -0.1) is 0 Å². The summed E-state index contributed by atoms with van der Waals surface area (Å²) in [6, 6.07) is 4.00. The van der Waals surface area contributed by atoms with Gasteiger partial charge in [0.2, 0.25) is 0 Å². The molecule has 3 aliphatic rings. The van der Waals surface area contributed by atoms with Crippen molar-refractivity contribution in [3.63, 3.8) is 0 Å². The minimum Gasteiger partial charge on any atom is -0.484 e. The quantitative estimate of drug-likeness (QED) is 0.596. The van der Waals surface area contributed by atoms with E-state index in [-0.39, 0.29) is 46.0 Å². The standard InChI is InChI=1S/C22H22ClFN4O4/c1-31-6-2-3-14-8-26-18(9-25-14)20(30)28-22-11-21(12-22,13-22)27-19(29)10-32-15-4-5-16(23)17(24)7-15/h2-5,7-9H,6,10-13H2,1H3,(H,27,29)(H,28,30). The minimum absolute atomic E-state index is 0.0103. The number of carbonyl (C=O) groups excluding carboxylic acids is 2. The van der Waals surface area contributed by atoms with Gasteiger partial charge >= 0.3 is 0 Å². The molecule has 10 heteroatoms. The third kappa shape index (κ3) is 4.73. The van der Waals surface area contributed by atoms with Crippen LogP contribution in [-0.4, -0.2) is 53.2 Å². The lowest BCUT2D eigenvalue weighted by Crippen LogP contribution is -2.84. The summed E-state index contributed by atoms with van der Waals surface area (Å²) < 4.78 is 23.7. The van der Waals surface area contributed by atoms with Crippen molar-refractivity contribution >= 4 is 29.5 Å². The minimum atomic E-state index is -0.608. The van der Waals surface area contributed by atoms with E-state index in [1.54, 1.807) is 19.3 Å². The summed E-state index contributed by atoms with van der Waals surface area (Å²) in [5.41, 5.74) is 0.207. The summed E-state index contributed by atoms with van der Waals surface area (Å²) >= 11 is 5.63. The normalized spacial score (nSPS) is 23.2. The van der Waals surface area contributed by atoms with Crippen molar-refractivity contribution in [1.29, 1.82) is 0 Å². The Labute approximate surface area is 189 Å². The molecule has 0 aliphatic heterocycles. The van der Waals surface area contributed by atoms with Crippen molar-refractivity contribution in [3.8, 4) is 5.75 Å². The Balaban J connectivity index is 1.22. The van der Waals surface area contributed by atoms with Crippen LogP contribution in [0.3, 0.4) is 0 Å². The molecule has 32 heavy (non-hydrogen) atoms. The molecule has 2 amide bonds. The maximum atomic E-state index is 13.4. The predicted octanol–water partition coefficient (Wildman–Crippen LogP) is 2.53. The van der Waals surface area contributed by atoms with Gasteiger partial charge in [0.05, 0.1) is 29.7 Å². The zero-order chi connectivity index (χ0) is 22.8. The number of methoxy groups -OCH3 is 1. The van der Waals surface area contributed by atoms with E-state index >= 15 is 0 Å². The predicted molar refractivity (Wildman–Crippen MR) is 115 cm³/mol. The van der Waals surface area contributed by atoms with Gasteiger partial charge in [-0.2, -0.15) is 0 Å². The van der Waals surface area contributed by atoms with Crippen molar-refractivity contribution in [2.45, 2.75) is 30.3 Å². The number of ether oxygens (including phenoxy) is 2.